The molecule has 0 radical (unpaired) electrons. The molecule has 0 aromatic heterocycles. The standard InChI is InChI=1S/C34H69NO2/c1-3-5-7-9-11-13-14-15-16-17-18-19-20-21-23-25-27-29-31-35(32-33-36)34(37)30-28-26-24-22-12-10-8-6-4-2/h36H,3-33H2,1-2H3. The number of aliphatic hydroxyl groups excluding tert-OH is 1. The maximum Gasteiger partial charge on any atom is 0.222 e. The van der Waals surface area contributed by atoms with Gasteiger partial charge >= 0.3 is 0 Å². The molecule has 37 heavy (non-hydrogen) atoms. The van der Waals surface area contributed by atoms with E-state index in [9.17, 15) is 9.90 Å². The van der Waals surface area contributed by atoms with Gasteiger partial charge in [-0.2, -0.15) is 0 Å². The predicted molar refractivity (Wildman–Crippen MR) is 164 cm³/mol. The summed E-state index contributed by atoms with van der Waals surface area (Å²) in [6.45, 7) is 5.98. The van der Waals surface area contributed by atoms with Crippen molar-refractivity contribution in [2.45, 2.75) is 194 Å². The Hall–Kier alpha value is -0.570. The molecule has 0 spiro atoms. The van der Waals surface area contributed by atoms with Crippen molar-refractivity contribution in [1.29, 1.82) is 0 Å². The van der Waals surface area contributed by atoms with Gasteiger partial charge in [-0.3, -0.25) is 4.79 Å². The average molecular weight is 524 g/mol. The van der Waals surface area contributed by atoms with Gasteiger partial charge in [0.2, 0.25) is 5.91 Å². The second-order valence-electron chi connectivity index (χ2n) is 11.7. The Morgan fingerprint density at radius 3 is 1.05 bits per heavy atom. The largest absolute Gasteiger partial charge is 0.395 e. The van der Waals surface area contributed by atoms with Crippen molar-refractivity contribution in [3.05, 3.63) is 0 Å². The molecule has 0 fully saturated rings. The second-order valence-corrected chi connectivity index (χ2v) is 11.7. The van der Waals surface area contributed by atoms with Crippen LogP contribution < -0.4 is 0 Å². The van der Waals surface area contributed by atoms with Gasteiger partial charge < -0.3 is 10.0 Å². The molecule has 0 atom stereocenters. The van der Waals surface area contributed by atoms with Crippen molar-refractivity contribution in [2.75, 3.05) is 19.7 Å². The fraction of sp³-hybridized carbons (Fsp3) is 0.971. The molecule has 0 aromatic carbocycles. The van der Waals surface area contributed by atoms with Gasteiger partial charge in [0, 0.05) is 19.5 Å². The summed E-state index contributed by atoms with van der Waals surface area (Å²) in [5, 5.41) is 9.37. The van der Waals surface area contributed by atoms with E-state index in [0.717, 1.165) is 19.4 Å². The first-order valence-corrected chi connectivity index (χ1v) is 17.1. The van der Waals surface area contributed by atoms with E-state index >= 15 is 0 Å². The van der Waals surface area contributed by atoms with Crippen LogP contribution in [0.1, 0.15) is 194 Å². The zero-order chi connectivity index (χ0) is 27.1. The van der Waals surface area contributed by atoms with Crippen LogP contribution in [-0.4, -0.2) is 35.6 Å². The topological polar surface area (TPSA) is 40.5 Å². The zero-order valence-electron chi connectivity index (χ0n) is 25.7. The van der Waals surface area contributed by atoms with E-state index in [0.29, 0.717) is 13.0 Å². The summed E-state index contributed by atoms with van der Waals surface area (Å²) >= 11 is 0. The van der Waals surface area contributed by atoms with Crippen LogP contribution >= 0.6 is 0 Å². The SMILES string of the molecule is CCCCCCCCCCCCCCCCCCCCN(CCO)C(=O)CCCCCCCCCCC. The molecule has 0 unspecified atom stereocenters. The number of carbonyl (C=O) groups excluding carboxylic acids is 1. The Bertz CT molecular complexity index is 440. The van der Waals surface area contributed by atoms with Crippen molar-refractivity contribution in [3.63, 3.8) is 0 Å². The van der Waals surface area contributed by atoms with Gasteiger partial charge in [-0.25, -0.2) is 0 Å². The van der Waals surface area contributed by atoms with Crippen molar-refractivity contribution in [2.24, 2.45) is 0 Å². The highest BCUT2D eigenvalue weighted by molar-refractivity contribution is 5.76. The van der Waals surface area contributed by atoms with Crippen LogP contribution in [0.25, 0.3) is 0 Å². The maximum absolute atomic E-state index is 12.6. The van der Waals surface area contributed by atoms with Gasteiger partial charge in [0.05, 0.1) is 6.61 Å². The Balaban J connectivity index is 3.47. The molecule has 0 aliphatic rings. The van der Waals surface area contributed by atoms with Crippen LogP contribution in [0.5, 0.6) is 0 Å². The summed E-state index contributed by atoms with van der Waals surface area (Å²) in [6.07, 6.45) is 37.1. The smallest absolute Gasteiger partial charge is 0.222 e. The van der Waals surface area contributed by atoms with Crippen molar-refractivity contribution in [3.8, 4) is 0 Å². The Labute approximate surface area is 233 Å². The summed E-state index contributed by atoms with van der Waals surface area (Å²) in [6, 6.07) is 0. The lowest BCUT2D eigenvalue weighted by molar-refractivity contribution is -0.131. The molecule has 3 heteroatoms. The maximum atomic E-state index is 12.6. The molecule has 1 N–H and O–H groups in total. The molecule has 0 aliphatic heterocycles. The number of nitrogens with zero attached hydrogens (tertiary/aromatic N) is 1. The average Bonchev–Trinajstić information content (AvgIpc) is 2.90. The number of amides is 1. The molecular weight excluding hydrogens is 454 g/mol. The first kappa shape index (κ1) is 36.4. The number of carbonyl (C=O) groups is 1. The van der Waals surface area contributed by atoms with E-state index in [4.69, 9.17) is 0 Å². The molecule has 222 valence electrons. The molecule has 3 nitrogen and oxygen atoms in total. The molecule has 0 aromatic rings. The van der Waals surface area contributed by atoms with Gasteiger partial charge in [0.1, 0.15) is 0 Å². The second kappa shape index (κ2) is 31.6. The van der Waals surface area contributed by atoms with E-state index in [-0.39, 0.29) is 12.5 Å². The van der Waals surface area contributed by atoms with Crippen LogP contribution in [0.15, 0.2) is 0 Å². The third kappa shape index (κ3) is 28.3. The Kier molecular flexibility index (Phi) is 31.2. The van der Waals surface area contributed by atoms with Crippen molar-refractivity contribution < 1.29 is 9.90 Å². The molecule has 0 aliphatic carbocycles. The fourth-order valence-electron chi connectivity index (χ4n) is 5.43. The number of unbranched alkanes of at least 4 members (excludes halogenated alkanes) is 25. The summed E-state index contributed by atoms with van der Waals surface area (Å²) in [5.41, 5.74) is 0. The highest BCUT2D eigenvalue weighted by Gasteiger charge is 2.12. The van der Waals surface area contributed by atoms with Gasteiger partial charge in [-0.05, 0) is 12.8 Å². The van der Waals surface area contributed by atoms with Crippen molar-refractivity contribution in [1.82, 2.24) is 4.90 Å². The summed E-state index contributed by atoms with van der Waals surface area (Å²) < 4.78 is 0. The van der Waals surface area contributed by atoms with Crippen LogP contribution in [-0.2, 0) is 4.79 Å². The van der Waals surface area contributed by atoms with Crippen LogP contribution in [0.2, 0.25) is 0 Å². The minimum absolute atomic E-state index is 0.0859. The first-order valence-electron chi connectivity index (χ1n) is 17.1. The molecule has 0 heterocycles. The van der Waals surface area contributed by atoms with Gasteiger partial charge in [-0.15, -0.1) is 0 Å². The molecule has 0 rings (SSSR count). The quantitative estimate of drug-likeness (QED) is 0.0918. The van der Waals surface area contributed by atoms with E-state index in [2.05, 4.69) is 13.8 Å². The molecular formula is C34H69NO2. The summed E-state index contributed by atoms with van der Waals surface area (Å²) in [7, 11) is 0. The lowest BCUT2D eigenvalue weighted by Gasteiger charge is -2.22. The third-order valence-electron chi connectivity index (χ3n) is 8.00. The minimum Gasteiger partial charge on any atom is -0.395 e. The summed E-state index contributed by atoms with van der Waals surface area (Å²) in [5.74, 6) is 0.254. The Morgan fingerprint density at radius 1 is 0.432 bits per heavy atom. The fourth-order valence-corrected chi connectivity index (χ4v) is 5.43. The van der Waals surface area contributed by atoms with Crippen LogP contribution in [0, 0.1) is 0 Å². The minimum atomic E-state index is 0.0859. The Morgan fingerprint density at radius 2 is 0.730 bits per heavy atom. The normalized spacial score (nSPS) is 11.3. The predicted octanol–water partition coefficient (Wildman–Crippen LogP) is 10.8. The zero-order valence-corrected chi connectivity index (χ0v) is 25.7. The van der Waals surface area contributed by atoms with Gasteiger partial charge in [0.25, 0.3) is 0 Å². The number of rotatable bonds is 31. The van der Waals surface area contributed by atoms with Crippen molar-refractivity contribution >= 4 is 5.91 Å². The molecule has 0 saturated heterocycles. The third-order valence-corrected chi connectivity index (χ3v) is 8.00. The van der Waals surface area contributed by atoms with Crippen LogP contribution in [0.4, 0.5) is 0 Å². The van der Waals surface area contributed by atoms with E-state index in [1.165, 1.54) is 161 Å². The number of aliphatic hydroxyl groups is 1. The van der Waals surface area contributed by atoms with Crippen LogP contribution in [0.3, 0.4) is 0 Å². The first-order chi connectivity index (χ1) is 18.3. The van der Waals surface area contributed by atoms with Gasteiger partial charge in [0.15, 0.2) is 0 Å². The van der Waals surface area contributed by atoms with Gasteiger partial charge in [-0.1, -0.05) is 174 Å². The monoisotopic (exact) mass is 524 g/mol. The molecule has 1 amide bonds. The molecule has 0 bridgehead atoms. The van der Waals surface area contributed by atoms with E-state index < -0.39 is 0 Å². The van der Waals surface area contributed by atoms with E-state index in [1.807, 2.05) is 4.90 Å². The number of hydrogen-bond donors (Lipinski definition) is 1. The highest BCUT2D eigenvalue weighted by atomic mass is 16.3. The van der Waals surface area contributed by atoms with E-state index in [1.54, 1.807) is 0 Å². The highest BCUT2D eigenvalue weighted by Crippen LogP contribution is 2.15. The lowest BCUT2D eigenvalue weighted by atomic mass is 10.0. The lowest BCUT2D eigenvalue weighted by Crippen LogP contribution is -2.34. The summed E-state index contributed by atoms with van der Waals surface area (Å²) in [4.78, 5) is 14.5. The number of hydrogen-bond acceptors (Lipinski definition) is 2. The molecule has 0 saturated carbocycles.